The second-order valence-corrected chi connectivity index (χ2v) is 7.33. The van der Waals surface area contributed by atoms with Crippen molar-refractivity contribution in [2.75, 3.05) is 38.2 Å². The van der Waals surface area contributed by atoms with Gasteiger partial charge in [-0.3, -0.25) is 4.79 Å². The number of carbonyl (C=O) groups excluding carboxylic acids is 1. The highest BCUT2D eigenvalue weighted by Gasteiger charge is 2.23. The van der Waals surface area contributed by atoms with Gasteiger partial charge < -0.3 is 19.0 Å². The Morgan fingerprint density at radius 1 is 1.18 bits per heavy atom. The molecule has 0 bridgehead atoms. The maximum atomic E-state index is 12.6. The number of hydrogen-bond acceptors (Lipinski definition) is 7. The van der Waals surface area contributed by atoms with Crippen LogP contribution in [0.25, 0.3) is 11.5 Å². The first-order valence-electron chi connectivity index (χ1n) is 9.25. The SMILES string of the molecule is COc1ccccc1N1CCN(C(=O)CCc2nnc(-c3ccsc3)o2)CC1. The first kappa shape index (κ1) is 18.5. The Hall–Kier alpha value is -2.87. The molecule has 4 rings (SSSR count). The number of nitrogens with zero attached hydrogens (tertiary/aromatic N) is 4. The third-order valence-electron chi connectivity index (χ3n) is 4.85. The average molecular weight is 398 g/mol. The molecule has 0 saturated carbocycles. The van der Waals surface area contributed by atoms with Gasteiger partial charge in [0.25, 0.3) is 0 Å². The zero-order chi connectivity index (χ0) is 19.3. The van der Waals surface area contributed by atoms with Gasteiger partial charge in [0.2, 0.25) is 17.7 Å². The van der Waals surface area contributed by atoms with E-state index >= 15 is 0 Å². The maximum absolute atomic E-state index is 12.6. The van der Waals surface area contributed by atoms with Gasteiger partial charge in [-0.05, 0) is 23.6 Å². The molecule has 0 spiro atoms. The van der Waals surface area contributed by atoms with Gasteiger partial charge >= 0.3 is 0 Å². The van der Waals surface area contributed by atoms with Crippen molar-refractivity contribution in [2.24, 2.45) is 0 Å². The fraction of sp³-hybridized carbons (Fsp3) is 0.350. The number of piperazine rings is 1. The van der Waals surface area contributed by atoms with Crippen LogP contribution < -0.4 is 9.64 Å². The van der Waals surface area contributed by atoms with Gasteiger partial charge in [-0.15, -0.1) is 10.2 Å². The van der Waals surface area contributed by atoms with Gasteiger partial charge in [-0.1, -0.05) is 12.1 Å². The summed E-state index contributed by atoms with van der Waals surface area (Å²) >= 11 is 1.58. The van der Waals surface area contributed by atoms with Crippen LogP contribution in [0.1, 0.15) is 12.3 Å². The largest absolute Gasteiger partial charge is 0.495 e. The van der Waals surface area contributed by atoms with Crippen molar-refractivity contribution >= 4 is 22.9 Å². The van der Waals surface area contributed by atoms with Crippen molar-refractivity contribution in [1.82, 2.24) is 15.1 Å². The summed E-state index contributed by atoms with van der Waals surface area (Å²) in [6, 6.07) is 9.92. The fourth-order valence-electron chi connectivity index (χ4n) is 3.32. The third kappa shape index (κ3) is 4.01. The average Bonchev–Trinajstić information content (AvgIpc) is 3.44. The molecule has 7 nitrogen and oxygen atoms in total. The number of rotatable bonds is 6. The van der Waals surface area contributed by atoms with Crippen LogP contribution in [0.2, 0.25) is 0 Å². The number of carbonyl (C=O) groups is 1. The topological polar surface area (TPSA) is 71.7 Å². The predicted octanol–water partition coefficient (Wildman–Crippen LogP) is 3.09. The van der Waals surface area contributed by atoms with Crippen molar-refractivity contribution in [3.63, 3.8) is 0 Å². The number of para-hydroxylation sites is 2. The molecule has 0 atom stereocenters. The van der Waals surface area contributed by atoms with Crippen LogP contribution in [-0.2, 0) is 11.2 Å². The molecular weight excluding hydrogens is 376 g/mol. The Morgan fingerprint density at radius 2 is 2.00 bits per heavy atom. The molecule has 1 aromatic carbocycles. The van der Waals surface area contributed by atoms with E-state index in [-0.39, 0.29) is 5.91 Å². The number of hydrogen-bond donors (Lipinski definition) is 0. The Bertz CT molecular complexity index is 917. The molecule has 1 aliphatic rings. The van der Waals surface area contributed by atoms with Gasteiger partial charge in [-0.2, -0.15) is 11.3 Å². The highest BCUT2D eigenvalue weighted by Crippen LogP contribution is 2.28. The molecule has 1 aliphatic heterocycles. The lowest BCUT2D eigenvalue weighted by Crippen LogP contribution is -2.48. The summed E-state index contributed by atoms with van der Waals surface area (Å²) in [6.45, 7) is 2.96. The molecule has 3 heterocycles. The minimum atomic E-state index is 0.120. The zero-order valence-electron chi connectivity index (χ0n) is 15.7. The number of aromatic nitrogens is 2. The van der Waals surface area contributed by atoms with Crippen molar-refractivity contribution in [1.29, 1.82) is 0 Å². The Balaban J connectivity index is 1.29. The molecule has 0 radical (unpaired) electrons. The van der Waals surface area contributed by atoms with E-state index in [4.69, 9.17) is 9.15 Å². The normalized spacial score (nSPS) is 14.3. The Kier molecular flexibility index (Phi) is 5.57. The van der Waals surface area contributed by atoms with Gasteiger partial charge in [0, 0.05) is 50.0 Å². The van der Waals surface area contributed by atoms with Gasteiger partial charge in [0.1, 0.15) is 5.75 Å². The van der Waals surface area contributed by atoms with Crippen LogP contribution in [0, 0.1) is 0 Å². The summed E-state index contributed by atoms with van der Waals surface area (Å²) < 4.78 is 11.1. The van der Waals surface area contributed by atoms with Crippen LogP contribution in [0.3, 0.4) is 0 Å². The molecule has 28 heavy (non-hydrogen) atoms. The van der Waals surface area contributed by atoms with E-state index in [1.165, 1.54) is 0 Å². The summed E-state index contributed by atoms with van der Waals surface area (Å²) in [5.74, 6) is 1.99. The second kappa shape index (κ2) is 8.43. The number of thiophene rings is 1. The molecule has 2 aromatic heterocycles. The molecular formula is C20H22N4O3S. The van der Waals surface area contributed by atoms with Crippen LogP contribution in [-0.4, -0.2) is 54.3 Å². The maximum Gasteiger partial charge on any atom is 0.248 e. The first-order chi connectivity index (χ1) is 13.7. The monoisotopic (exact) mass is 398 g/mol. The summed E-state index contributed by atoms with van der Waals surface area (Å²) in [6.07, 6.45) is 0.836. The van der Waals surface area contributed by atoms with E-state index in [2.05, 4.69) is 21.2 Å². The van der Waals surface area contributed by atoms with Crippen LogP contribution in [0.4, 0.5) is 5.69 Å². The first-order valence-corrected chi connectivity index (χ1v) is 10.2. The smallest absolute Gasteiger partial charge is 0.248 e. The summed E-state index contributed by atoms with van der Waals surface area (Å²) in [7, 11) is 1.68. The number of anilines is 1. The number of benzene rings is 1. The predicted molar refractivity (Wildman–Crippen MR) is 108 cm³/mol. The summed E-state index contributed by atoms with van der Waals surface area (Å²) in [4.78, 5) is 16.7. The van der Waals surface area contributed by atoms with E-state index in [0.29, 0.717) is 37.7 Å². The lowest BCUT2D eigenvalue weighted by molar-refractivity contribution is -0.131. The number of methoxy groups -OCH3 is 1. The van der Waals surface area contributed by atoms with Crippen molar-refractivity contribution in [2.45, 2.75) is 12.8 Å². The lowest BCUT2D eigenvalue weighted by Gasteiger charge is -2.36. The van der Waals surface area contributed by atoms with Crippen molar-refractivity contribution < 1.29 is 13.9 Å². The van der Waals surface area contributed by atoms with E-state index in [0.717, 1.165) is 30.1 Å². The van der Waals surface area contributed by atoms with E-state index < -0.39 is 0 Å². The van der Waals surface area contributed by atoms with E-state index in [1.807, 2.05) is 39.9 Å². The summed E-state index contributed by atoms with van der Waals surface area (Å²) in [5, 5.41) is 12.0. The molecule has 0 unspecified atom stereocenters. The number of ether oxygens (including phenoxy) is 1. The Morgan fingerprint density at radius 3 is 2.75 bits per heavy atom. The van der Waals surface area contributed by atoms with Crippen LogP contribution in [0.5, 0.6) is 5.75 Å². The van der Waals surface area contributed by atoms with Crippen molar-refractivity contribution in [3.05, 3.63) is 47.0 Å². The quantitative estimate of drug-likeness (QED) is 0.635. The standard InChI is InChI=1S/C20H22N4O3S/c1-26-17-5-3-2-4-16(17)23-9-11-24(12-10-23)19(25)7-6-18-21-22-20(27-18)15-8-13-28-14-15/h2-5,8,13-14H,6-7,9-12H2,1H3. The molecule has 3 aromatic rings. The lowest BCUT2D eigenvalue weighted by atomic mass is 10.2. The molecule has 0 aliphatic carbocycles. The fourth-order valence-corrected chi connectivity index (χ4v) is 3.95. The number of aryl methyl sites for hydroxylation is 1. The minimum Gasteiger partial charge on any atom is -0.495 e. The highest BCUT2D eigenvalue weighted by molar-refractivity contribution is 7.08. The molecule has 0 N–H and O–H groups in total. The molecule has 146 valence electrons. The van der Waals surface area contributed by atoms with Gasteiger partial charge in [0.05, 0.1) is 12.8 Å². The van der Waals surface area contributed by atoms with Gasteiger partial charge in [-0.25, -0.2) is 0 Å². The number of amides is 1. The zero-order valence-corrected chi connectivity index (χ0v) is 16.5. The molecule has 1 amide bonds. The molecule has 1 saturated heterocycles. The van der Waals surface area contributed by atoms with Gasteiger partial charge in [0.15, 0.2) is 0 Å². The van der Waals surface area contributed by atoms with E-state index in [1.54, 1.807) is 18.4 Å². The van der Waals surface area contributed by atoms with Crippen LogP contribution >= 0.6 is 11.3 Å². The minimum absolute atomic E-state index is 0.120. The van der Waals surface area contributed by atoms with E-state index in [9.17, 15) is 4.79 Å². The Labute approximate surface area is 167 Å². The summed E-state index contributed by atoms with van der Waals surface area (Å²) in [5.41, 5.74) is 1.99. The highest BCUT2D eigenvalue weighted by atomic mass is 32.1. The van der Waals surface area contributed by atoms with Crippen molar-refractivity contribution in [3.8, 4) is 17.2 Å². The second-order valence-electron chi connectivity index (χ2n) is 6.55. The van der Waals surface area contributed by atoms with Crippen LogP contribution in [0.15, 0.2) is 45.5 Å². The molecule has 1 fully saturated rings. The molecule has 8 heteroatoms. The third-order valence-corrected chi connectivity index (χ3v) is 5.53.